The summed E-state index contributed by atoms with van der Waals surface area (Å²) < 4.78 is 15.1. The third-order valence-electron chi connectivity index (χ3n) is 3.21. The van der Waals surface area contributed by atoms with E-state index in [9.17, 15) is 4.21 Å². The van der Waals surface area contributed by atoms with Gasteiger partial charge in [-0.25, -0.2) is 8.93 Å². The van der Waals surface area contributed by atoms with Crippen molar-refractivity contribution in [2.45, 2.75) is 44.9 Å². The highest BCUT2D eigenvalue weighted by atomic mass is 32.2. The largest absolute Gasteiger partial charge is 0.384 e. The van der Waals surface area contributed by atoms with Gasteiger partial charge in [-0.05, 0) is 51.3 Å². The fourth-order valence-electron chi connectivity index (χ4n) is 2.18. The van der Waals surface area contributed by atoms with Gasteiger partial charge in [-0.2, -0.15) is 0 Å². The molecule has 1 aromatic carbocycles. The Hall–Kier alpha value is -0.870. The van der Waals surface area contributed by atoms with Crippen LogP contribution in [0.4, 0.5) is 5.69 Å². The molecule has 100 valence electrons. The topological polar surface area (TPSA) is 41.1 Å². The van der Waals surface area contributed by atoms with Gasteiger partial charge in [0.1, 0.15) is 0 Å². The van der Waals surface area contributed by atoms with Gasteiger partial charge < -0.3 is 5.32 Å². The first-order valence-corrected chi connectivity index (χ1v) is 7.58. The molecule has 1 aliphatic heterocycles. The minimum absolute atomic E-state index is 0.111. The molecule has 0 fully saturated rings. The molecule has 1 aromatic rings. The highest BCUT2D eigenvalue weighted by Crippen LogP contribution is 2.29. The van der Waals surface area contributed by atoms with Crippen LogP contribution in [0.2, 0.25) is 0 Å². The number of rotatable bonds is 3. The molecule has 0 amide bonds. The monoisotopic (exact) mass is 266 g/mol. The van der Waals surface area contributed by atoms with Gasteiger partial charge in [0, 0.05) is 18.3 Å². The Balaban J connectivity index is 2.18. The lowest BCUT2D eigenvalue weighted by Gasteiger charge is -2.23. The maximum atomic E-state index is 12.1. The van der Waals surface area contributed by atoms with E-state index in [1.807, 2.05) is 20.8 Å². The normalized spacial score (nSPS) is 18.0. The zero-order valence-electron chi connectivity index (χ0n) is 11.5. The molecule has 0 aliphatic carbocycles. The number of benzene rings is 1. The van der Waals surface area contributed by atoms with Gasteiger partial charge in [0.2, 0.25) is 0 Å². The smallest absolute Gasteiger partial charge is 0.0975 e. The fraction of sp³-hybridized carbons (Fsp3) is 0.571. The van der Waals surface area contributed by atoms with Gasteiger partial charge in [-0.1, -0.05) is 12.1 Å². The van der Waals surface area contributed by atoms with Crippen LogP contribution in [0, 0.1) is 0 Å². The van der Waals surface area contributed by atoms with Crippen LogP contribution in [0.1, 0.15) is 44.9 Å². The van der Waals surface area contributed by atoms with Crippen molar-refractivity contribution < 1.29 is 4.21 Å². The first kappa shape index (κ1) is 13.6. The van der Waals surface area contributed by atoms with Crippen molar-refractivity contribution in [2.75, 3.05) is 11.9 Å². The summed E-state index contributed by atoms with van der Waals surface area (Å²) in [6.07, 6.45) is 1.06. The molecule has 0 spiro atoms. The first-order valence-electron chi connectivity index (χ1n) is 6.43. The van der Waals surface area contributed by atoms with Gasteiger partial charge in [0.15, 0.2) is 0 Å². The SMILES string of the molecule is CC(N[S@](=O)C(C)(C)C)c1cccc2c1CCN2. The summed E-state index contributed by atoms with van der Waals surface area (Å²) in [6.45, 7) is 9.04. The molecule has 0 saturated carbocycles. The van der Waals surface area contributed by atoms with Gasteiger partial charge in [0.25, 0.3) is 0 Å². The maximum Gasteiger partial charge on any atom is 0.0975 e. The van der Waals surface area contributed by atoms with Crippen LogP contribution in [0.5, 0.6) is 0 Å². The zero-order chi connectivity index (χ0) is 13.3. The zero-order valence-corrected chi connectivity index (χ0v) is 12.4. The predicted molar refractivity (Wildman–Crippen MR) is 78.1 cm³/mol. The molecule has 0 saturated heterocycles. The molecule has 0 bridgehead atoms. The summed E-state index contributed by atoms with van der Waals surface area (Å²) in [4.78, 5) is 0. The summed E-state index contributed by atoms with van der Waals surface area (Å²) in [6, 6.07) is 6.41. The summed E-state index contributed by atoms with van der Waals surface area (Å²) in [5.74, 6) is 0. The van der Waals surface area contributed by atoms with Crippen LogP contribution in [-0.4, -0.2) is 15.5 Å². The second-order valence-electron chi connectivity index (χ2n) is 5.77. The Bertz CT molecular complexity index is 465. The predicted octanol–water partition coefficient (Wildman–Crippen LogP) is 2.77. The minimum atomic E-state index is -1.03. The lowest BCUT2D eigenvalue weighted by Crippen LogP contribution is -2.35. The molecule has 1 aliphatic rings. The summed E-state index contributed by atoms with van der Waals surface area (Å²) in [7, 11) is -1.03. The highest BCUT2D eigenvalue weighted by molar-refractivity contribution is 7.84. The molecular weight excluding hydrogens is 244 g/mol. The molecule has 1 unspecified atom stereocenters. The Labute approximate surface area is 112 Å². The molecule has 1 heterocycles. The number of hydrogen-bond donors (Lipinski definition) is 2. The second-order valence-corrected chi connectivity index (χ2v) is 7.77. The van der Waals surface area contributed by atoms with Gasteiger partial charge in [-0.3, -0.25) is 0 Å². The molecule has 18 heavy (non-hydrogen) atoms. The Morgan fingerprint density at radius 2 is 2.11 bits per heavy atom. The Morgan fingerprint density at radius 1 is 1.39 bits per heavy atom. The fourth-order valence-corrected chi connectivity index (χ4v) is 2.98. The molecule has 4 heteroatoms. The van der Waals surface area contributed by atoms with Crippen LogP contribution >= 0.6 is 0 Å². The van der Waals surface area contributed by atoms with Crippen LogP contribution in [0.3, 0.4) is 0 Å². The number of fused-ring (bicyclic) bond motifs is 1. The number of anilines is 1. The van der Waals surface area contributed by atoms with E-state index in [0.717, 1.165) is 13.0 Å². The van der Waals surface area contributed by atoms with Crippen molar-refractivity contribution in [3.8, 4) is 0 Å². The third-order valence-corrected chi connectivity index (χ3v) is 4.89. The van der Waals surface area contributed by atoms with Crippen LogP contribution in [-0.2, 0) is 17.4 Å². The van der Waals surface area contributed by atoms with E-state index in [4.69, 9.17) is 0 Å². The van der Waals surface area contributed by atoms with Gasteiger partial charge >= 0.3 is 0 Å². The molecule has 2 atom stereocenters. The van der Waals surface area contributed by atoms with Crippen molar-refractivity contribution in [2.24, 2.45) is 0 Å². The van der Waals surface area contributed by atoms with E-state index in [2.05, 4.69) is 35.2 Å². The molecule has 0 radical (unpaired) electrons. The summed E-state index contributed by atoms with van der Waals surface area (Å²) in [5.41, 5.74) is 3.85. The molecule has 0 aromatic heterocycles. The third kappa shape index (κ3) is 2.75. The molecular formula is C14H22N2OS. The van der Waals surface area contributed by atoms with E-state index in [0.29, 0.717) is 0 Å². The molecule has 2 rings (SSSR count). The van der Waals surface area contributed by atoms with Crippen molar-refractivity contribution in [3.05, 3.63) is 29.3 Å². The first-order chi connectivity index (χ1) is 8.39. The summed E-state index contributed by atoms with van der Waals surface area (Å²) >= 11 is 0. The lowest BCUT2D eigenvalue weighted by molar-refractivity contribution is 0.615. The Morgan fingerprint density at radius 3 is 2.78 bits per heavy atom. The maximum absolute atomic E-state index is 12.1. The van der Waals surface area contributed by atoms with Crippen LogP contribution in [0.25, 0.3) is 0 Å². The van der Waals surface area contributed by atoms with Crippen molar-refractivity contribution in [1.29, 1.82) is 0 Å². The average Bonchev–Trinajstić information content (AvgIpc) is 2.74. The van der Waals surface area contributed by atoms with E-state index >= 15 is 0 Å². The minimum Gasteiger partial charge on any atom is -0.384 e. The summed E-state index contributed by atoms with van der Waals surface area (Å²) in [5, 5.41) is 3.38. The van der Waals surface area contributed by atoms with Crippen molar-refractivity contribution in [1.82, 2.24) is 4.72 Å². The van der Waals surface area contributed by atoms with E-state index in [1.165, 1.54) is 16.8 Å². The van der Waals surface area contributed by atoms with Crippen LogP contribution < -0.4 is 10.0 Å². The van der Waals surface area contributed by atoms with Gasteiger partial charge in [0.05, 0.1) is 15.7 Å². The number of hydrogen-bond acceptors (Lipinski definition) is 2. The van der Waals surface area contributed by atoms with Crippen LogP contribution in [0.15, 0.2) is 18.2 Å². The molecule has 2 N–H and O–H groups in total. The lowest BCUT2D eigenvalue weighted by atomic mass is 10.00. The second kappa shape index (κ2) is 5.02. The van der Waals surface area contributed by atoms with Gasteiger partial charge in [-0.15, -0.1) is 0 Å². The average molecular weight is 266 g/mol. The standard InChI is InChI=1S/C14H22N2OS/c1-10(16-18(17)14(2,3)4)11-6-5-7-13-12(11)8-9-15-13/h5-7,10,15-16H,8-9H2,1-4H3/t10?,18-/m1/s1. The molecule has 3 nitrogen and oxygen atoms in total. The Kier molecular flexibility index (Phi) is 3.78. The van der Waals surface area contributed by atoms with Crippen molar-refractivity contribution >= 4 is 16.7 Å². The highest BCUT2D eigenvalue weighted by Gasteiger charge is 2.24. The van der Waals surface area contributed by atoms with Crippen molar-refractivity contribution in [3.63, 3.8) is 0 Å². The quantitative estimate of drug-likeness (QED) is 0.883. The van der Waals surface area contributed by atoms with E-state index < -0.39 is 11.0 Å². The number of nitrogens with one attached hydrogen (secondary N) is 2. The van der Waals surface area contributed by atoms with E-state index in [-0.39, 0.29) is 10.8 Å². The van der Waals surface area contributed by atoms with E-state index in [1.54, 1.807) is 0 Å².